The van der Waals surface area contributed by atoms with Crippen molar-refractivity contribution in [3.05, 3.63) is 54.1 Å². The maximum atomic E-state index is 13.6. The minimum Gasteiger partial charge on any atom is -0.398 e. The largest absolute Gasteiger partial charge is 0.398 e. The summed E-state index contributed by atoms with van der Waals surface area (Å²) in [4.78, 5) is -0.696. The van der Waals surface area contributed by atoms with Gasteiger partial charge in [-0.05, 0) is 24.3 Å². The summed E-state index contributed by atoms with van der Waals surface area (Å²) in [7, 11) is -4.29. The van der Waals surface area contributed by atoms with Crippen LogP contribution in [0.15, 0.2) is 47.4 Å². The first-order chi connectivity index (χ1) is 8.92. The molecule has 0 atom stereocenters. The first kappa shape index (κ1) is 13.3. The van der Waals surface area contributed by atoms with E-state index in [9.17, 15) is 17.2 Å². The van der Waals surface area contributed by atoms with Gasteiger partial charge in [0.1, 0.15) is 16.5 Å². The van der Waals surface area contributed by atoms with Crippen LogP contribution in [0.1, 0.15) is 0 Å². The van der Waals surface area contributed by atoms with Crippen molar-refractivity contribution in [1.82, 2.24) is 0 Å². The van der Waals surface area contributed by atoms with Crippen LogP contribution in [0.5, 0.6) is 0 Å². The van der Waals surface area contributed by atoms with Crippen LogP contribution in [-0.2, 0) is 10.0 Å². The summed E-state index contributed by atoms with van der Waals surface area (Å²) in [6, 6.07) is 8.67. The van der Waals surface area contributed by atoms with Gasteiger partial charge in [0.05, 0.1) is 11.4 Å². The Morgan fingerprint density at radius 3 is 2.21 bits per heavy atom. The molecule has 3 N–H and O–H groups in total. The van der Waals surface area contributed by atoms with Gasteiger partial charge in [0, 0.05) is 0 Å². The van der Waals surface area contributed by atoms with Crippen molar-refractivity contribution in [3.8, 4) is 0 Å². The average molecular weight is 284 g/mol. The number of nitrogen functional groups attached to an aromatic ring is 1. The number of para-hydroxylation sites is 1. The van der Waals surface area contributed by atoms with Crippen LogP contribution in [0.2, 0.25) is 0 Å². The van der Waals surface area contributed by atoms with Gasteiger partial charge in [0.25, 0.3) is 10.0 Å². The molecule has 7 heteroatoms. The first-order valence-electron chi connectivity index (χ1n) is 5.23. The maximum absolute atomic E-state index is 13.6. The molecule has 0 aliphatic rings. The Morgan fingerprint density at radius 1 is 0.947 bits per heavy atom. The van der Waals surface area contributed by atoms with Crippen molar-refractivity contribution in [2.24, 2.45) is 0 Å². The zero-order valence-electron chi connectivity index (χ0n) is 9.60. The average Bonchev–Trinajstić information content (AvgIpc) is 2.31. The molecule has 0 heterocycles. The molecule has 0 aromatic heterocycles. The SMILES string of the molecule is Nc1cccc(F)c1S(=O)(=O)Nc1ccccc1F. The summed E-state index contributed by atoms with van der Waals surface area (Å²) in [5.41, 5.74) is 4.93. The highest BCUT2D eigenvalue weighted by molar-refractivity contribution is 7.92. The molecular weight excluding hydrogens is 274 g/mol. The van der Waals surface area contributed by atoms with Crippen molar-refractivity contribution >= 4 is 21.4 Å². The Kier molecular flexibility index (Phi) is 3.39. The number of hydrogen-bond donors (Lipinski definition) is 2. The lowest BCUT2D eigenvalue weighted by Gasteiger charge is -2.11. The summed E-state index contributed by atoms with van der Waals surface area (Å²) in [6.07, 6.45) is 0. The molecule has 2 aromatic rings. The molecule has 0 radical (unpaired) electrons. The fraction of sp³-hybridized carbons (Fsp3) is 0. The molecule has 0 bridgehead atoms. The number of anilines is 2. The quantitative estimate of drug-likeness (QED) is 0.850. The normalized spacial score (nSPS) is 11.3. The lowest BCUT2D eigenvalue weighted by Crippen LogP contribution is -2.17. The van der Waals surface area contributed by atoms with Crippen molar-refractivity contribution in [1.29, 1.82) is 0 Å². The molecule has 0 saturated carbocycles. The van der Waals surface area contributed by atoms with Crippen LogP contribution in [0.25, 0.3) is 0 Å². The molecule has 0 fully saturated rings. The highest BCUT2D eigenvalue weighted by Gasteiger charge is 2.23. The number of nitrogens with two attached hydrogens (primary N) is 1. The Labute approximate surface area is 108 Å². The van der Waals surface area contributed by atoms with Gasteiger partial charge in [-0.2, -0.15) is 0 Å². The second-order valence-corrected chi connectivity index (χ2v) is 5.36. The summed E-state index contributed by atoms with van der Waals surface area (Å²) in [6.45, 7) is 0. The molecule has 0 unspecified atom stereocenters. The highest BCUT2D eigenvalue weighted by atomic mass is 32.2. The van der Waals surface area contributed by atoms with Gasteiger partial charge >= 0.3 is 0 Å². The number of hydrogen-bond acceptors (Lipinski definition) is 3. The van der Waals surface area contributed by atoms with E-state index >= 15 is 0 Å². The van der Waals surface area contributed by atoms with E-state index in [-0.39, 0.29) is 11.4 Å². The van der Waals surface area contributed by atoms with Crippen LogP contribution >= 0.6 is 0 Å². The second kappa shape index (κ2) is 4.85. The van der Waals surface area contributed by atoms with E-state index in [4.69, 9.17) is 5.73 Å². The molecule has 0 amide bonds. The topological polar surface area (TPSA) is 72.2 Å². The fourth-order valence-electron chi connectivity index (χ4n) is 1.55. The van der Waals surface area contributed by atoms with Crippen LogP contribution < -0.4 is 10.5 Å². The lowest BCUT2D eigenvalue weighted by atomic mass is 10.3. The predicted octanol–water partition coefficient (Wildman–Crippen LogP) is 2.35. The van der Waals surface area contributed by atoms with Gasteiger partial charge in [-0.15, -0.1) is 0 Å². The summed E-state index contributed by atoms with van der Waals surface area (Å²) < 4.78 is 52.9. The van der Waals surface area contributed by atoms with Gasteiger partial charge in [-0.3, -0.25) is 4.72 Å². The van der Waals surface area contributed by atoms with Crippen LogP contribution in [0.4, 0.5) is 20.2 Å². The van der Waals surface area contributed by atoms with Crippen LogP contribution in [0, 0.1) is 11.6 Å². The van der Waals surface area contributed by atoms with E-state index in [1.807, 2.05) is 4.72 Å². The second-order valence-electron chi connectivity index (χ2n) is 3.74. The molecule has 0 saturated heterocycles. The Balaban J connectivity index is 2.47. The minimum atomic E-state index is -4.29. The van der Waals surface area contributed by atoms with Gasteiger partial charge in [-0.1, -0.05) is 18.2 Å². The van der Waals surface area contributed by atoms with Gasteiger partial charge in [0.15, 0.2) is 0 Å². The lowest BCUT2D eigenvalue weighted by molar-refractivity contribution is 0.571. The number of halogens is 2. The van der Waals surface area contributed by atoms with E-state index in [1.54, 1.807) is 0 Å². The Morgan fingerprint density at radius 2 is 1.58 bits per heavy atom. The number of sulfonamides is 1. The third-order valence-electron chi connectivity index (χ3n) is 2.38. The summed E-state index contributed by atoms with van der Waals surface area (Å²) in [5, 5.41) is 0. The third-order valence-corrected chi connectivity index (χ3v) is 3.84. The first-order valence-corrected chi connectivity index (χ1v) is 6.71. The molecule has 19 heavy (non-hydrogen) atoms. The van der Waals surface area contributed by atoms with Crippen molar-refractivity contribution in [2.45, 2.75) is 4.90 Å². The zero-order chi connectivity index (χ0) is 14.0. The Hall–Kier alpha value is -2.15. The molecule has 0 spiro atoms. The van der Waals surface area contributed by atoms with E-state index in [0.29, 0.717) is 0 Å². The molecule has 2 aromatic carbocycles. The van der Waals surface area contributed by atoms with E-state index < -0.39 is 26.6 Å². The summed E-state index contributed by atoms with van der Waals surface area (Å²) in [5.74, 6) is -1.76. The Bertz CT molecular complexity index is 697. The molecule has 0 aliphatic carbocycles. The molecule has 2 rings (SSSR count). The molecule has 100 valence electrons. The fourth-order valence-corrected chi connectivity index (χ4v) is 2.81. The van der Waals surface area contributed by atoms with Gasteiger partial charge < -0.3 is 5.73 Å². The molecular formula is C12H10F2N2O2S. The zero-order valence-corrected chi connectivity index (χ0v) is 10.4. The monoisotopic (exact) mass is 284 g/mol. The number of benzene rings is 2. The number of rotatable bonds is 3. The van der Waals surface area contributed by atoms with Crippen LogP contribution in [-0.4, -0.2) is 8.42 Å². The van der Waals surface area contributed by atoms with E-state index in [2.05, 4.69) is 0 Å². The third kappa shape index (κ3) is 2.65. The van der Waals surface area contributed by atoms with E-state index in [0.717, 1.165) is 12.1 Å². The smallest absolute Gasteiger partial charge is 0.266 e. The van der Waals surface area contributed by atoms with Crippen molar-refractivity contribution in [3.63, 3.8) is 0 Å². The van der Waals surface area contributed by atoms with Crippen LogP contribution in [0.3, 0.4) is 0 Å². The maximum Gasteiger partial charge on any atom is 0.266 e. The molecule has 4 nitrogen and oxygen atoms in total. The summed E-state index contributed by atoms with van der Waals surface area (Å²) >= 11 is 0. The molecule has 0 aliphatic heterocycles. The predicted molar refractivity (Wildman–Crippen MR) is 68.0 cm³/mol. The number of nitrogens with one attached hydrogen (secondary N) is 1. The van der Waals surface area contributed by atoms with Gasteiger partial charge in [-0.25, -0.2) is 17.2 Å². The van der Waals surface area contributed by atoms with Gasteiger partial charge in [0.2, 0.25) is 0 Å². The minimum absolute atomic E-state index is 0.246. The van der Waals surface area contributed by atoms with Crippen molar-refractivity contribution < 1.29 is 17.2 Å². The van der Waals surface area contributed by atoms with Crippen molar-refractivity contribution in [2.75, 3.05) is 10.5 Å². The van der Waals surface area contributed by atoms with E-state index in [1.165, 1.54) is 30.3 Å². The highest BCUT2D eigenvalue weighted by Crippen LogP contribution is 2.25. The standard InChI is InChI=1S/C12H10F2N2O2S/c13-8-4-1-2-7-11(8)16-19(17,18)12-9(14)5-3-6-10(12)15/h1-7,16H,15H2.